The molecule has 0 saturated carbocycles. The molecule has 0 unspecified atom stereocenters. The molecule has 0 radical (unpaired) electrons. The van der Waals surface area contributed by atoms with Gasteiger partial charge in [0.15, 0.2) is 5.76 Å². The molecule has 152 valence electrons. The highest BCUT2D eigenvalue weighted by Gasteiger charge is 2.26. The van der Waals surface area contributed by atoms with Gasteiger partial charge in [-0.05, 0) is 48.9 Å². The van der Waals surface area contributed by atoms with Crippen LogP contribution in [0.3, 0.4) is 0 Å². The minimum Gasteiger partial charge on any atom is -0.465 e. The molecule has 8 heteroatoms. The molecule has 2 aromatic carbocycles. The first-order valence-corrected chi connectivity index (χ1v) is 10.0. The van der Waals surface area contributed by atoms with Gasteiger partial charge in [-0.2, -0.15) is 0 Å². The Morgan fingerprint density at radius 1 is 1.13 bits per heavy atom. The van der Waals surface area contributed by atoms with Crippen LogP contribution in [0, 0.1) is 12.7 Å². The van der Waals surface area contributed by atoms with E-state index in [4.69, 9.17) is 20.8 Å². The minimum absolute atomic E-state index is 0.0810. The Morgan fingerprint density at radius 2 is 1.87 bits per heavy atom. The molecule has 0 aliphatic carbocycles. The van der Waals surface area contributed by atoms with Crippen molar-refractivity contribution >= 4 is 50.8 Å². The molecular weight excluding hydrogens is 429 g/mol. The molecule has 0 aliphatic heterocycles. The molecule has 4 aromatic rings. The van der Waals surface area contributed by atoms with Crippen molar-refractivity contribution in [1.29, 1.82) is 0 Å². The molecule has 0 fully saturated rings. The fourth-order valence-electron chi connectivity index (χ4n) is 3.18. The van der Waals surface area contributed by atoms with E-state index in [2.05, 4.69) is 5.32 Å². The maximum absolute atomic E-state index is 13.3. The van der Waals surface area contributed by atoms with Gasteiger partial charge in [-0.1, -0.05) is 23.7 Å². The van der Waals surface area contributed by atoms with Crippen LogP contribution in [0.2, 0.25) is 5.02 Å². The van der Waals surface area contributed by atoms with Crippen LogP contribution in [0.5, 0.6) is 0 Å². The number of aryl methyl sites for hydroxylation is 1. The Morgan fingerprint density at radius 3 is 2.57 bits per heavy atom. The second kappa shape index (κ2) is 7.93. The van der Waals surface area contributed by atoms with Crippen LogP contribution >= 0.6 is 22.9 Å². The van der Waals surface area contributed by atoms with Gasteiger partial charge in [-0.25, -0.2) is 9.18 Å². The first-order chi connectivity index (χ1) is 14.4. The Labute approximate surface area is 180 Å². The van der Waals surface area contributed by atoms with E-state index in [0.717, 1.165) is 4.88 Å². The van der Waals surface area contributed by atoms with Gasteiger partial charge in [-0.3, -0.25) is 4.79 Å². The second-order valence-corrected chi connectivity index (χ2v) is 8.14. The molecule has 0 saturated heterocycles. The summed E-state index contributed by atoms with van der Waals surface area (Å²) in [6.45, 7) is 1.81. The number of carbonyl (C=O) groups excluding carboxylic acids is 2. The Balaban J connectivity index is 1.74. The zero-order chi connectivity index (χ0) is 21.4. The van der Waals surface area contributed by atoms with Gasteiger partial charge in [0.2, 0.25) is 0 Å². The molecule has 0 bridgehead atoms. The summed E-state index contributed by atoms with van der Waals surface area (Å²) < 4.78 is 23.9. The number of methoxy groups -OCH3 is 1. The summed E-state index contributed by atoms with van der Waals surface area (Å²) in [4.78, 5) is 26.1. The van der Waals surface area contributed by atoms with Crippen LogP contribution in [0.1, 0.15) is 25.8 Å². The molecule has 1 N–H and O–H groups in total. The van der Waals surface area contributed by atoms with Crippen molar-refractivity contribution in [3.63, 3.8) is 0 Å². The van der Waals surface area contributed by atoms with E-state index in [9.17, 15) is 14.0 Å². The summed E-state index contributed by atoms with van der Waals surface area (Å²) in [6, 6.07) is 12.4. The van der Waals surface area contributed by atoms with E-state index in [1.165, 1.54) is 30.6 Å². The van der Waals surface area contributed by atoms with Gasteiger partial charge in [-0.15, -0.1) is 11.3 Å². The number of hydrogen-bond acceptors (Lipinski definition) is 5. The van der Waals surface area contributed by atoms with E-state index in [1.807, 2.05) is 6.92 Å². The van der Waals surface area contributed by atoms with E-state index in [0.29, 0.717) is 32.1 Å². The van der Waals surface area contributed by atoms with Gasteiger partial charge in [0, 0.05) is 20.8 Å². The maximum Gasteiger partial charge on any atom is 0.341 e. The van der Waals surface area contributed by atoms with Gasteiger partial charge < -0.3 is 14.5 Å². The van der Waals surface area contributed by atoms with Crippen molar-refractivity contribution in [2.24, 2.45) is 0 Å². The van der Waals surface area contributed by atoms with E-state index in [1.54, 1.807) is 36.4 Å². The summed E-state index contributed by atoms with van der Waals surface area (Å²) in [6.07, 6.45) is 0. The minimum atomic E-state index is -0.606. The van der Waals surface area contributed by atoms with Crippen LogP contribution in [-0.4, -0.2) is 19.0 Å². The lowest BCUT2D eigenvalue weighted by molar-refractivity contribution is 0.0603. The first kappa shape index (κ1) is 20.1. The third-order valence-corrected chi connectivity index (χ3v) is 5.79. The van der Waals surface area contributed by atoms with Gasteiger partial charge >= 0.3 is 5.97 Å². The lowest BCUT2D eigenvalue weighted by atomic mass is 10.0. The van der Waals surface area contributed by atoms with E-state index < -0.39 is 11.9 Å². The average molecular weight is 444 g/mol. The van der Waals surface area contributed by atoms with Crippen molar-refractivity contribution in [3.8, 4) is 11.1 Å². The fraction of sp³-hybridized carbons (Fsp3) is 0.0909. The number of thiophene rings is 1. The number of carbonyl (C=O) groups is 2. The van der Waals surface area contributed by atoms with Crippen molar-refractivity contribution in [2.45, 2.75) is 6.92 Å². The molecule has 30 heavy (non-hydrogen) atoms. The molecule has 5 nitrogen and oxygen atoms in total. The summed E-state index contributed by atoms with van der Waals surface area (Å²) in [5, 5.41) is 4.28. The van der Waals surface area contributed by atoms with Crippen LogP contribution in [0.25, 0.3) is 22.1 Å². The smallest absolute Gasteiger partial charge is 0.341 e. The topological polar surface area (TPSA) is 68.5 Å². The molecule has 2 heterocycles. The first-order valence-electron chi connectivity index (χ1n) is 8.85. The lowest BCUT2D eigenvalue weighted by Crippen LogP contribution is -2.13. The predicted molar refractivity (Wildman–Crippen MR) is 115 cm³/mol. The van der Waals surface area contributed by atoms with Crippen LogP contribution in [0.15, 0.2) is 52.9 Å². The summed E-state index contributed by atoms with van der Waals surface area (Å²) in [5.74, 6) is -1.42. The molecule has 1 amide bonds. The zero-order valence-corrected chi connectivity index (χ0v) is 17.5. The van der Waals surface area contributed by atoms with Gasteiger partial charge in [0.25, 0.3) is 5.91 Å². The molecular formula is C22H15ClFNO4S. The highest BCUT2D eigenvalue weighted by atomic mass is 35.5. The number of hydrogen-bond donors (Lipinski definition) is 1. The number of ether oxygens (including phenoxy) is 1. The second-order valence-electron chi connectivity index (χ2n) is 6.48. The number of nitrogens with one attached hydrogen (secondary N) is 1. The summed E-state index contributed by atoms with van der Waals surface area (Å²) >= 11 is 7.21. The van der Waals surface area contributed by atoms with Gasteiger partial charge in [0.1, 0.15) is 22.0 Å². The van der Waals surface area contributed by atoms with Crippen molar-refractivity contribution in [2.75, 3.05) is 12.4 Å². The molecule has 4 rings (SSSR count). The monoisotopic (exact) mass is 443 g/mol. The maximum atomic E-state index is 13.3. The number of halogens is 2. The third kappa shape index (κ3) is 3.69. The van der Waals surface area contributed by atoms with E-state index >= 15 is 0 Å². The predicted octanol–water partition coefficient (Wildman–Crippen LogP) is 6.30. The average Bonchev–Trinajstić information content (AvgIpc) is 3.28. The number of amides is 1. The van der Waals surface area contributed by atoms with E-state index in [-0.39, 0.29) is 17.1 Å². The van der Waals surface area contributed by atoms with Gasteiger partial charge in [0.05, 0.1) is 7.11 Å². The van der Waals surface area contributed by atoms with Crippen LogP contribution < -0.4 is 5.32 Å². The van der Waals surface area contributed by atoms with Crippen molar-refractivity contribution < 1.29 is 23.1 Å². The number of furan rings is 1. The molecule has 0 aliphatic rings. The number of esters is 1. The number of anilines is 1. The fourth-order valence-corrected chi connectivity index (χ4v) is 4.42. The van der Waals surface area contributed by atoms with Crippen LogP contribution in [0.4, 0.5) is 9.39 Å². The Kier molecular flexibility index (Phi) is 5.32. The normalized spacial score (nSPS) is 10.9. The highest BCUT2D eigenvalue weighted by molar-refractivity contribution is 7.17. The summed E-state index contributed by atoms with van der Waals surface area (Å²) in [7, 11) is 1.26. The zero-order valence-electron chi connectivity index (χ0n) is 15.9. The number of fused-ring (bicyclic) bond motifs is 1. The van der Waals surface area contributed by atoms with Crippen molar-refractivity contribution in [3.05, 3.63) is 75.6 Å². The quantitative estimate of drug-likeness (QED) is 0.376. The molecule has 0 atom stereocenters. The highest BCUT2D eigenvalue weighted by Crippen LogP contribution is 2.40. The standard InChI is InChI=1S/C22H15ClFNO4S/c1-11-18(12-3-6-15(24)7-4-12)19(22(27)28-2)21(30-11)25-20(26)17-10-13-9-14(23)5-8-16(13)29-17/h3-10H,1-2H3,(H,25,26). The molecule has 0 spiro atoms. The van der Waals surface area contributed by atoms with Crippen molar-refractivity contribution in [1.82, 2.24) is 0 Å². The largest absolute Gasteiger partial charge is 0.465 e. The number of rotatable bonds is 4. The number of benzene rings is 2. The molecule has 2 aromatic heterocycles. The SMILES string of the molecule is COC(=O)c1c(NC(=O)c2cc3cc(Cl)ccc3o2)sc(C)c1-c1ccc(F)cc1. The Hall–Kier alpha value is -3.16. The lowest BCUT2D eigenvalue weighted by Gasteiger charge is -2.07. The summed E-state index contributed by atoms with van der Waals surface area (Å²) in [5.41, 5.74) is 1.95. The Bertz CT molecular complexity index is 1280. The van der Waals surface area contributed by atoms with Crippen LogP contribution in [-0.2, 0) is 4.74 Å². The third-order valence-electron chi connectivity index (χ3n) is 4.54.